The second kappa shape index (κ2) is 3.81. The van der Waals surface area contributed by atoms with Crippen LogP contribution in [0.5, 0.6) is 0 Å². The molecule has 1 N–H and O–H groups in total. The molecule has 1 aromatic carbocycles. The third kappa shape index (κ3) is 1.59. The summed E-state index contributed by atoms with van der Waals surface area (Å²) < 4.78 is 0. The van der Waals surface area contributed by atoms with E-state index in [0.717, 1.165) is 35.0 Å². The number of Topliss-reactive ketones (excluding diaryl/α,β-unsaturated/α-hetero) is 1. The molecule has 2 heterocycles. The number of nitrogens with zero attached hydrogens (tertiary/aromatic N) is 1. The predicted octanol–water partition coefficient (Wildman–Crippen LogP) is 3.36. The Bertz CT molecular complexity index is 746. The predicted molar refractivity (Wildman–Crippen MR) is 80.4 cm³/mol. The Morgan fingerprint density at radius 2 is 2.15 bits per heavy atom. The van der Waals surface area contributed by atoms with Crippen molar-refractivity contribution in [2.45, 2.75) is 33.1 Å². The van der Waals surface area contributed by atoms with E-state index >= 15 is 0 Å². The molecule has 3 heteroatoms. The van der Waals surface area contributed by atoms with Crippen molar-refractivity contribution in [1.82, 2.24) is 4.98 Å². The molecule has 2 aliphatic rings. The number of nitrogens with one attached hydrogen (secondary N) is 1. The number of carbonyl (C=O) groups is 1. The second-order valence-electron chi connectivity index (χ2n) is 6.73. The van der Waals surface area contributed by atoms with Gasteiger partial charge in [-0.05, 0) is 36.3 Å². The molecule has 2 aromatic rings. The molecule has 102 valence electrons. The maximum absolute atomic E-state index is 12.1. The molecule has 20 heavy (non-hydrogen) atoms. The van der Waals surface area contributed by atoms with Crippen LogP contribution in [-0.4, -0.2) is 17.3 Å². The Morgan fingerprint density at radius 1 is 1.30 bits per heavy atom. The summed E-state index contributed by atoms with van der Waals surface area (Å²) in [6.07, 6.45) is 3.25. The Hall–Kier alpha value is -1.90. The highest BCUT2D eigenvalue weighted by molar-refractivity contribution is 6.16. The number of anilines is 1. The Morgan fingerprint density at radius 3 is 3.00 bits per heavy atom. The van der Waals surface area contributed by atoms with Gasteiger partial charge in [-0.2, -0.15) is 0 Å². The quantitative estimate of drug-likeness (QED) is 0.795. The number of hydrogen-bond acceptors (Lipinski definition) is 3. The van der Waals surface area contributed by atoms with Crippen molar-refractivity contribution >= 4 is 22.4 Å². The minimum atomic E-state index is 0.167. The first-order valence-electron chi connectivity index (χ1n) is 7.27. The van der Waals surface area contributed by atoms with Gasteiger partial charge in [-0.3, -0.25) is 9.78 Å². The van der Waals surface area contributed by atoms with Crippen LogP contribution in [0.4, 0.5) is 5.69 Å². The number of fused-ring (bicyclic) bond motifs is 2. The van der Waals surface area contributed by atoms with E-state index in [-0.39, 0.29) is 5.78 Å². The molecular formula is C17H18N2O. The molecule has 0 saturated carbocycles. The molecular weight excluding hydrogens is 248 g/mol. The fraction of sp³-hybridized carbons (Fsp3) is 0.412. The van der Waals surface area contributed by atoms with Crippen molar-refractivity contribution in [2.75, 3.05) is 11.9 Å². The zero-order chi connectivity index (χ0) is 13.9. The number of benzene rings is 1. The Kier molecular flexibility index (Phi) is 2.27. The lowest BCUT2D eigenvalue weighted by molar-refractivity contribution is 0.101. The van der Waals surface area contributed by atoms with Crippen LogP contribution in [0.3, 0.4) is 0 Å². The average Bonchev–Trinajstić information content (AvgIpc) is 2.42. The zero-order valence-electron chi connectivity index (χ0n) is 11.9. The van der Waals surface area contributed by atoms with E-state index in [1.165, 1.54) is 17.7 Å². The zero-order valence-corrected chi connectivity index (χ0v) is 11.9. The van der Waals surface area contributed by atoms with Gasteiger partial charge in [0.05, 0.1) is 12.1 Å². The summed E-state index contributed by atoms with van der Waals surface area (Å²) in [5, 5.41) is 4.38. The van der Waals surface area contributed by atoms with E-state index in [4.69, 9.17) is 4.98 Å². The molecule has 1 aliphatic heterocycles. The highest BCUT2D eigenvalue weighted by Crippen LogP contribution is 2.42. The summed E-state index contributed by atoms with van der Waals surface area (Å²) in [6.45, 7) is 5.03. The molecule has 4 rings (SSSR count). The molecule has 0 unspecified atom stereocenters. The monoisotopic (exact) mass is 266 g/mol. The van der Waals surface area contributed by atoms with E-state index < -0.39 is 0 Å². The van der Waals surface area contributed by atoms with Crippen LogP contribution in [0.25, 0.3) is 10.9 Å². The third-order valence-electron chi connectivity index (χ3n) is 4.62. The highest BCUT2D eigenvalue weighted by atomic mass is 16.1. The lowest BCUT2D eigenvalue weighted by Crippen LogP contribution is -2.27. The molecule has 0 spiro atoms. The SMILES string of the molecule is CC1(C)CCc2nc3cccc4c3c(c2C1)NCC4=O. The standard InChI is InChI=1S/C17H18N2O/c1-17(2)7-6-12-11(8-17)16-15-10(14(20)9-18-16)4-3-5-13(15)19-12/h3-5,18H,6-9H2,1-2H3. The summed E-state index contributed by atoms with van der Waals surface area (Å²) >= 11 is 0. The van der Waals surface area contributed by atoms with Gasteiger partial charge in [-0.25, -0.2) is 0 Å². The van der Waals surface area contributed by atoms with Crippen LogP contribution in [0.1, 0.15) is 41.9 Å². The maximum atomic E-state index is 12.1. The number of aromatic nitrogens is 1. The van der Waals surface area contributed by atoms with Gasteiger partial charge in [0.2, 0.25) is 0 Å². The van der Waals surface area contributed by atoms with Crippen LogP contribution in [0.15, 0.2) is 18.2 Å². The number of ketones is 1. The molecule has 0 saturated heterocycles. The molecule has 0 atom stereocenters. The van der Waals surface area contributed by atoms with E-state index in [0.29, 0.717) is 12.0 Å². The smallest absolute Gasteiger partial charge is 0.182 e. The van der Waals surface area contributed by atoms with Crippen molar-refractivity contribution < 1.29 is 4.79 Å². The van der Waals surface area contributed by atoms with Gasteiger partial charge < -0.3 is 5.32 Å². The highest BCUT2D eigenvalue weighted by Gasteiger charge is 2.31. The normalized spacial score (nSPS) is 19.6. The van der Waals surface area contributed by atoms with Gasteiger partial charge in [0, 0.05) is 22.3 Å². The van der Waals surface area contributed by atoms with Crippen molar-refractivity contribution in [3.05, 3.63) is 35.0 Å². The lowest BCUT2D eigenvalue weighted by atomic mass is 9.74. The summed E-state index contributed by atoms with van der Waals surface area (Å²) in [5.74, 6) is 0.167. The van der Waals surface area contributed by atoms with Crippen molar-refractivity contribution in [2.24, 2.45) is 5.41 Å². The second-order valence-corrected chi connectivity index (χ2v) is 6.73. The lowest BCUT2D eigenvalue weighted by Gasteiger charge is -2.33. The minimum absolute atomic E-state index is 0.167. The van der Waals surface area contributed by atoms with Crippen LogP contribution in [-0.2, 0) is 12.8 Å². The number of pyridine rings is 1. The Balaban J connectivity index is 2.07. The van der Waals surface area contributed by atoms with E-state index in [1.807, 2.05) is 18.2 Å². The van der Waals surface area contributed by atoms with Gasteiger partial charge in [-0.1, -0.05) is 26.0 Å². The van der Waals surface area contributed by atoms with Crippen LogP contribution >= 0.6 is 0 Å². The largest absolute Gasteiger partial charge is 0.377 e. The van der Waals surface area contributed by atoms with Crippen molar-refractivity contribution in [1.29, 1.82) is 0 Å². The molecule has 0 fully saturated rings. The molecule has 0 amide bonds. The first-order valence-corrected chi connectivity index (χ1v) is 7.27. The fourth-order valence-corrected chi connectivity index (χ4v) is 3.52. The van der Waals surface area contributed by atoms with Gasteiger partial charge in [0.25, 0.3) is 0 Å². The van der Waals surface area contributed by atoms with Gasteiger partial charge >= 0.3 is 0 Å². The number of carbonyl (C=O) groups excluding carboxylic acids is 1. The molecule has 0 radical (unpaired) electrons. The van der Waals surface area contributed by atoms with Crippen molar-refractivity contribution in [3.8, 4) is 0 Å². The number of aryl methyl sites for hydroxylation is 1. The van der Waals surface area contributed by atoms with E-state index in [1.54, 1.807) is 0 Å². The van der Waals surface area contributed by atoms with Gasteiger partial charge in [-0.15, -0.1) is 0 Å². The Labute approximate surface area is 118 Å². The van der Waals surface area contributed by atoms with Crippen LogP contribution in [0.2, 0.25) is 0 Å². The first kappa shape index (κ1) is 11.9. The van der Waals surface area contributed by atoms with Crippen molar-refractivity contribution in [3.63, 3.8) is 0 Å². The molecule has 0 bridgehead atoms. The molecule has 1 aliphatic carbocycles. The average molecular weight is 266 g/mol. The van der Waals surface area contributed by atoms with Crippen LogP contribution in [0, 0.1) is 5.41 Å². The number of rotatable bonds is 0. The van der Waals surface area contributed by atoms with Gasteiger partial charge in [0.1, 0.15) is 0 Å². The summed E-state index contributed by atoms with van der Waals surface area (Å²) in [6, 6.07) is 5.89. The third-order valence-corrected chi connectivity index (χ3v) is 4.62. The fourth-order valence-electron chi connectivity index (χ4n) is 3.52. The van der Waals surface area contributed by atoms with Gasteiger partial charge in [0.15, 0.2) is 5.78 Å². The minimum Gasteiger partial charge on any atom is -0.377 e. The molecule has 3 nitrogen and oxygen atoms in total. The summed E-state index contributed by atoms with van der Waals surface area (Å²) in [4.78, 5) is 16.9. The van der Waals surface area contributed by atoms with E-state index in [2.05, 4.69) is 19.2 Å². The first-order chi connectivity index (χ1) is 9.55. The number of hydrogen-bond donors (Lipinski definition) is 1. The maximum Gasteiger partial charge on any atom is 0.182 e. The molecule has 1 aromatic heterocycles. The van der Waals surface area contributed by atoms with E-state index in [9.17, 15) is 4.79 Å². The van der Waals surface area contributed by atoms with Crippen LogP contribution < -0.4 is 5.32 Å². The topological polar surface area (TPSA) is 42.0 Å². The summed E-state index contributed by atoms with van der Waals surface area (Å²) in [7, 11) is 0. The summed E-state index contributed by atoms with van der Waals surface area (Å²) in [5.41, 5.74) is 5.80.